The van der Waals surface area contributed by atoms with Crippen molar-refractivity contribution >= 4 is 0 Å². The summed E-state index contributed by atoms with van der Waals surface area (Å²) in [6.07, 6.45) is 9.84. The quantitative estimate of drug-likeness (QED) is 0.400. The van der Waals surface area contributed by atoms with Crippen molar-refractivity contribution in [2.75, 3.05) is 0 Å². The van der Waals surface area contributed by atoms with Crippen molar-refractivity contribution in [2.45, 2.75) is 57.7 Å². The molecule has 0 saturated carbocycles. The Balaban J connectivity index is 3.77. The van der Waals surface area contributed by atoms with Crippen LogP contribution >= 0.6 is 0 Å². The highest BCUT2D eigenvalue weighted by atomic mass is 16.3. The summed E-state index contributed by atoms with van der Waals surface area (Å²) in [5.41, 5.74) is 0. The summed E-state index contributed by atoms with van der Waals surface area (Å²) in [7, 11) is 0. The van der Waals surface area contributed by atoms with E-state index in [9.17, 15) is 5.11 Å². The van der Waals surface area contributed by atoms with E-state index in [4.69, 9.17) is 5.11 Å². The molecular weight excluding hydrogens is 236 g/mol. The Bertz CT molecular complexity index is 374. The number of hydrogen-bond donors (Lipinski definition) is 2. The molecule has 0 radical (unpaired) electrons. The lowest BCUT2D eigenvalue weighted by Gasteiger charge is -2.03. The third-order valence-corrected chi connectivity index (χ3v) is 2.57. The van der Waals surface area contributed by atoms with Gasteiger partial charge in [0.15, 0.2) is 0 Å². The van der Waals surface area contributed by atoms with Crippen molar-refractivity contribution in [3.63, 3.8) is 0 Å². The minimum atomic E-state index is -0.598. The number of aliphatic hydroxyl groups excluding tert-OH is 2. The fraction of sp³-hybridized carbons (Fsp3) is 0.529. The van der Waals surface area contributed by atoms with Gasteiger partial charge in [-0.2, -0.15) is 0 Å². The second kappa shape index (κ2) is 13.0. The normalized spacial score (nSPS) is 13.0. The minimum Gasteiger partial charge on any atom is -0.389 e. The van der Waals surface area contributed by atoms with Gasteiger partial charge in [-0.1, -0.05) is 37.7 Å². The zero-order chi connectivity index (χ0) is 14.3. The highest BCUT2D eigenvalue weighted by Gasteiger charge is 1.97. The summed E-state index contributed by atoms with van der Waals surface area (Å²) in [4.78, 5) is 0. The summed E-state index contributed by atoms with van der Waals surface area (Å²) in [5.74, 6) is 10.5. The van der Waals surface area contributed by atoms with Crippen molar-refractivity contribution in [2.24, 2.45) is 0 Å². The van der Waals surface area contributed by atoms with Gasteiger partial charge in [0.25, 0.3) is 0 Å². The van der Waals surface area contributed by atoms with Gasteiger partial charge in [-0.15, -0.1) is 6.58 Å². The lowest BCUT2D eigenvalue weighted by molar-refractivity contribution is 0.208. The monoisotopic (exact) mass is 260 g/mol. The van der Waals surface area contributed by atoms with Gasteiger partial charge in [-0.05, 0) is 49.7 Å². The van der Waals surface area contributed by atoms with E-state index >= 15 is 0 Å². The first-order valence-electron chi connectivity index (χ1n) is 6.85. The van der Waals surface area contributed by atoms with Crippen LogP contribution in [-0.4, -0.2) is 22.4 Å². The SMILES string of the molecule is C=CCCCCCC(O)C=CC#CC#CC(O)CC. The first kappa shape index (κ1) is 17.5. The Kier molecular flexibility index (Phi) is 12.0. The molecule has 2 heteroatoms. The van der Waals surface area contributed by atoms with E-state index in [0.717, 1.165) is 32.1 Å². The van der Waals surface area contributed by atoms with E-state index in [0.29, 0.717) is 6.42 Å². The molecular formula is C17H24O2. The van der Waals surface area contributed by atoms with Crippen LogP contribution in [0.1, 0.15) is 45.4 Å². The molecule has 0 aromatic carbocycles. The molecule has 0 amide bonds. The molecule has 0 spiro atoms. The zero-order valence-corrected chi connectivity index (χ0v) is 11.7. The molecule has 2 N–H and O–H groups in total. The van der Waals surface area contributed by atoms with Gasteiger partial charge in [0.1, 0.15) is 6.10 Å². The van der Waals surface area contributed by atoms with Crippen molar-refractivity contribution in [3.05, 3.63) is 24.8 Å². The van der Waals surface area contributed by atoms with Crippen LogP contribution in [-0.2, 0) is 0 Å². The summed E-state index contributed by atoms with van der Waals surface area (Å²) in [5, 5.41) is 18.8. The van der Waals surface area contributed by atoms with Crippen LogP contribution in [0.3, 0.4) is 0 Å². The molecule has 0 saturated heterocycles. The summed E-state index contributed by atoms with van der Waals surface area (Å²) in [6.45, 7) is 5.53. The van der Waals surface area contributed by atoms with Crippen molar-refractivity contribution in [1.82, 2.24) is 0 Å². The molecule has 0 aliphatic heterocycles. The molecule has 0 bridgehead atoms. The van der Waals surface area contributed by atoms with Crippen LogP contribution < -0.4 is 0 Å². The molecule has 0 aliphatic carbocycles. The fourth-order valence-electron chi connectivity index (χ4n) is 1.37. The number of rotatable bonds is 8. The second-order valence-electron chi connectivity index (χ2n) is 4.32. The van der Waals surface area contributed by atoms with Gasteiger partial charge < -0.3 is 10.2 Å². The third kappa shape index (κ3) is 12.8. The van der Waals surface area contributed by atoms with Crippen LogP contribution in [0.25, 0.3) is 0 Å². The molecule has 0 heterocycles. The van der Waals surface area contributed by atoms with Crippen LogP contribution in [0.4, 0.5) is 0 Å². The lowest BCUT2D eigenvalue weighted by Crippen LogP contribution is -2.01. The molecule has 0 aliphatic rings. The first-order valence-corrected chi connectivity index (χ1v) is 6.85. The zero-order valence-electron chi connectivity index (χ0n) is 11.7. The van der Waals surface area contributed by atoms with Crippen LogP contribution in [0, 0.1) is 23.7 Å². The third-order valence-electron chi connectivity index (χ3n) is 2.57. The predicted molar refractivity (Wildman–Crippen MR) is 80.3 cm³/mol. The van der Waals surface area contributed by atoms with Crippen LogP contribution in [0.15, 0.2) is 24.8 Å². The Morgan fingerprint density at radius 1 is 1.16 bits per heavy atom. The Morgan fingerprint density at radius 2 is 1.95 bits per heavy atom. The average Bonchev–Trinajstić information content (AvgIpc) is 2.42. The second-order valence-corrected chi connectivity index (χ2v) is 4.32. The molecule has 0 aromatic rings. The smallest absolute Gasteiger partial charge is 0.115 e. The Hall–Kier alpha value is -1.48. The molecule has 0 aromatic heterocycles. The molecule has 2 unspecified atom stereocenters. The minimum absolute atomic E-state index is 0.438. The number of aliphatic hydroxyl groups is 2. The average molecular weight is 260 g/mol. The van der Waals surface area contributed by atoms with E-state index < -0.39 is 12.2 Å². The van der Waals surface area contributed by atoms with E-state index in [-0.39, 0.29) is 0 Å². The maximum Gasteiger partial charge on any atom is 0.115 e. The fourth-order valence-corrected chi connectivity index (χ4v) is 1.37. The predicted octanol–water partition coefficient (Wildman–Crippen LogP) is 2.82. The molecule has 2 atom stereocenters. The van der Waals surface area contributed by atoms with Crippen molar-refractivity contribution < 1.29 is 10.2 Å². The van der Waals surface area contributed by atoms with Gasteiger partial charge in [0.05, 0.1) is 6.10 Å². The largest absolute Gasteiger partial charge is 0.389 e. The highest BCUT2D eigenvalue weighted by molar-refractivity contribution is 5.31. The van der Waals surface area contributed by atoms with E-state index in [2.05, 4.69) is 30.3 Å². The number of hydrogen-bond acceptors (Lipinski definition) is 2. The molecule has 0 rings (SSSR count). The van der Waals surface area contributed by atoms with Crippen LogP contribution in [0.2, 0.25) is 0 Å². The van der Waals surface area contributed by atoms with Gasteiger partial charge in [-0.25, -0.2) is 0 Å². The van der Waals surface area contributed by atoms with Crippen molar-refractivity contribution in [3.8, 4) is 23.7 Å². The molecule has 104 valence electrons. The summed E-state index contributed by atoms with van der Waals surface area (Å²) >= 11 is 0. The Morgan fingerprint density at radius 3 is 2.63 bits per heavy atom. The summed E-state index contributed by atoms with van der Waals surface area (Å²) < 4.78 is 0. The number of unbranched alkanes of at least 4 members (excludes halogenated alkanes) is 3. The van der Waals surface area contributed by atoms with E-state index in [1.54, 1.807) is 12.2 Å². The molecule has 2 nitrogen and oxygen atoms in total. The highest BCUT2D eigenvalue weighted by Crippen LogP contribution is 2.06. The van der Waals surface area contributed by atoms with Gasteiger partial charge >= 0.3 is 0 Å². The topological polar surface area (TPSA) is 40.5 Å². The number of allylic oxidation sites excluding steroid dienone is 2. The Labute approximate surface area is 117 Å². The van der Waals surface area contributed by atoms with Crippen LogP contribution in [0.5, 0.6) is 0 Å². The van der Waals surface area contributed by atoms with Gasteiger partial charge in [0, 0.05) is 0 Å². The first-order chi connectivity index (χ1) is 9.20. The summed E-state index contributed by atoms with van der Waals surface area (Å²) in [6, 6.07) is 0. The maximum absolute atomic E-state index is 9.64. The van der Waals surface area contributed by atoms with Crippen molar-refractivity contribution in [1.29, 1.82) is 0 Å². The maximum atomic E-state index is 9.64. The van der Waals surface area contributed by atoms with Gasteiger partial charge in [0.2, 0.25) is 0 Å². The molecule has 19 heavy (non-hydrogen) atoms. The van der Waals surface area contributed by atoms with E-state index in [1.807, 2.05) is 13.0 Å². The standard InChI is InChI=1S/C17H24O2/c1-3-5-6-7-11-14-17(19)15-12-9-8-10-13-16(18)4-2/h3,12,15-19H,1,4-7,11,14H2,2H3. The molecule has 0 fully saturated rings. The van der Waals surface area contributed by atoms with E-state index in [1.165, 1.54) is 0 Å². The lowest BCUT2D eigenvalue weighted by atomic mass is 10.1. The van der Waals surface area contributed by atoms with Gasteiger partial charge in [-0.3, -0.25) is 0 Å².